The van der Waals surface area contributed by atoms with Crippen molar-refractivity contribution in [1.82, 2.24) is 0 Å². The van der Waals surface area contributed by atoms with Gasteiger partial charge in [0.25, 0.3) is 0 Å². The van der Waals surface area contributed by atoms with Crippen molar-refractivity contribution >= 4 is 15.7 Å². The van der Waals surface area contributed by atoms with Gasteiger partial charge in [-0.1, -0.05) is 0 Å². The molecule has 0 unspecified atom stereocenters. The Morgan fingerprint density at radius 1 is 1.22 bits per heavy atom. The summed E-state index contributed by atoms with van der Waals surface area (Å²) in [6.07, 6.45) is 3.33. The highest BCUT2D eigenvalue weighted by atomic mass is 32.2. The Bertz CT molecular complexity index is 495. The highest BCUT2D eigenvalue weighted by molar-refractivity contribution is 7.89. The minimum atomic E-state index is -3.61. The summed E-state index contributed by atoms with van der Waals surface area (Å²) >= 11 is 0. The molecule has 1 aliphatic rings. The van der Waals surface area contributed by atoms with Crippen molar-refractivity contribution < 1.29 is 8.42 Å². The van der Waals surface area contributed by atoms with Crippen molar-refractivity contribution in [3.63, 3.8) is 0 Å². The second kappa shape index (κ2) is 5.26. The molecule has 0 saturated heterocycles. The second-order valence-corrected chi connectivity index (χ2v) is 6.17. The molecule has 5 nitrogen and oxygen atoms in total. The van der Waals surface area contributed by atoms with E-state index in [4.69, 9.17) is 10.9 Å². The summed E-state index contributed by atoms with van der Waals surface area (Å²) < 4.78 is 22.4. The fraction of sp³-hybridized carbons (Fsp3) is 0.500. The van der Waals surface area contributed by atoms with Gasteiger partial charge in [0.15, 0.2) is 0 Å². The fourth-order valence-electron chi connectivity index (χ4n) is 2.00. The Labute approximate surface area is 108 Å². The van der Waals surface area contributed by atoms with Crippen LogP contribution < -0.4 is 15.8 Å². The predicted octanol–water partition coefficient (Wildman–Crippen LogP) is 0.652. The van der Waals surface area contributed by atoms with E-state index in [1.165, 1.54) is 12.8 Å². The smallest absolute Gasteiger partial charge is 0.238 e. The molecule has 100 valence electrons. The Hall–Kier alpha value is -1.11. The van der Waals surface area contributed by atoms with Crippen molar-refractivity contribution in [3.8, 4) is 0 Å². The molecule has 0 radical (unpaired) electrons. The first-order chi connectivity index (χ1) is 8.52. The van der Waals surface area contributed by atoms with Gasteiger partial charge >= 0.3 is 0 Å². The van der Waals surface area contributed by atoms with Crippen molar-refractivity contribution in [2.24, 2.45) is 10.9 Å². The van der Waals surface area contributed by atoms with E-state index in [1.807, 2.05) is 12.1 Å². The largest absolute Gasteiger partial charge is 0.368 e. The highest BCUT2D eigenvalue weighted by Gasteiger charge is 2.28. The zero-order valence-corrected chi connectivity index (χ0v) is 11.1. The molecular weight excluding hydrogens is 250 g/mol. The van der Waals surface area contributed by atoms with Gasteiger partial charge in [0.05, 0.1) is 4.90 Å². The Morgan fingerprint density at radius 2 is 1.83 bits per heavy atom. The molecule has 0 heterocycles. The fourth-order valence-corrected chi connectivity index (χ4v) is 2.51. The lowest BCUT2D eigenvalue weighted by Crippen LogP contribution is -2.28. The molecule has 6 heteroatoms. The molecule has 0 spiro atoms. The van der Waals surface area contributed by atoms with E-state index >= 15 is 0 Å². The summed E-state index contributed by atoms with van der Waals surface area (Å²) in [6.45, 7) is 1.58. The quantitative estimate of drug-likeness (QED) is 0.793. The van der Waals surface area contributed by atoms with Crippen molar-refractivity contribution in [2.45, 2.75) is 30.2 Å². The molecule has 1 aromatic carbocycles. The first-order valence-corrected chi connectivity index (χ1v) is 7.66. The average molecular weight is 269 g/mol. The number of hydrogen-bond donors (Lipinski definition) is 2. The topological polar surface area (TPSA) is 89.4 Å². The summed E-state index contributed by atoms with van der Waals surface area (Å²) in [5.41, 5.74) is 6.57. The monoisotopic (exact) mass is 269 g/mol. The third-order valence-corrected chi connectivity index (χ3v) is 4.02. The molecule has 1 saturated carbocycles. The maximum absolute atomic E-state index is 11.2. The van der Waals surface area contributed by atoms with Crippen LogP contribution >= 0.6 is 0 Å². The maximum Gasteiger partial charge on any atom is 0.238 e. The number of nitrogens with two attached hydrogens (primary N) is 2. The van der Waals surface area contributed by atoms with E-state index in [1.54, 1.807) is 12.1 Å². The molecule has 1 aromatic rings. The van der Waals surface area contributed by atoms with Crippen LogP contribution in [-0.4, -0.2) is 27.5 Å². The first kappa shape index (κ1) is 13.3. The number of nitrogens with zero attached hydrogens (tertiary/aromatic N) is 1. The van der Waals surface area contributed by atoms with E-state index in [9.17, 15) is 8.42 Å². The van der Waals surface area contributed by atoms with Gasteiger partial charge in [-0.05, 0) is 50.1 Å². The zero-order valence-electron chi connectivity index (χ0n) is 10.2. The van der Waals surface area contributed by atoms with Gasteiger partial charge in [0.1, 0.15) is 0 Å². The molecular formula is C12H19N3O2S. The third-order valence-electron chi connectivity index (χ3n) is 3.09. The van der Waals surface area contributed by atoms with E-state index in [-0.39, 0.29) is 4.90 Å². The normalized spacial score (nSPS) is 15.7. The lowest BCUT2D eigenvalue weighted by atomic mass is 10.2. The Morgan fingerprint density at radius 3 is 2.28 bits per heavy atom. The molecule has 18 heavy (non-hydrogen) atoms. The molecule has 1 aliphatic carbocycles. The van der Waals surface area contributed by atoms with Crippen LogP contribution in [0.1, 0.15) is 19.3 Å². The number of hydrogen-bond acceptors (Lipinski definition) is 4. The second-order valence-electron chi connectivity index (χ2n) is 4.61. The molecule has 2 rings (SSSR count). The van der Waals surface area contributed by atoms with Gasteiger partial charge in [0.2, 0.25) is 10.0 Å². The van der Waals surface area contributed by atoms with Crippen LogP contribution in [0, 0.1) is 0 Å². The lowest BCUT2D eigenvalue weighted by molar-refractivity contribution is 0.598. The maximum atomic E-state index is 11.2. The van der Waals surface area contributed by atoms with Crippen molar-refractivity contribution in [2.75, 3.05) is 18.0 Å². The molecule has 0 aliphatic heterocycles. The molecule has 0 aromatic heterocycles. The van der Waals surface area contributed by atoms with E-state index < -0.39 is 10.0 Å². The van der Waals surface area contributed by atoms with E-state index in [0.29, 0.717) is 12.6 Å². The zero-order chi connectivity index (χ0) is 13.2. The number of benzene rings is 1. The van der Waals surface area contributed by atoms with Crippen LogP contribution in [0.3, 0.4) is 0 Å². The summed E-state index contributed by atoms with van der Waals surface area (Å²) in [5, 5.41) is 5.08. The Balaban J connectivity index is 2.16. The van der Waals surface area contributed by atoms with E-state index in [2.05, 4.69) is 4.90 Å². The molecule has 1 fully saturated rings. The van der Waals surface area contributed by atoms with Crippen LogP contribution in [0.5, 0.6) is 0 Å². The third kappa shape index (κ3) is 3.22. The molecule has 0 atom stereocenters. The van der Waals surface area contributed by atoms with Gasteiger partial charge in [0, 0.05) is 18.3 Å². The minimum absolute atomic E-state index is 0.154. The molecule has 0 bridgehead atoms. The van der Waals surface area contributed by atoms with Crippen LogP contribution in [-0.2, 0) is 10.0 Å². The van der Waals surface area contributed by atoms with Crippen molar-refractivity contribution in [3.05, 3.63) is 24.3 Å². The first-order valence-electron chi connectivity index (χ1n) is 6.12. The van der Waals surface area contributed by atoms with Crippen molar-refractivity contribution in [1.29, 1.82) is 0 Å². The van der Waals surface area contributed by atoms with Gasteiger partial charge in [-0.25, -0.2) is 13.6 Å². The standard InChI is InChI=1S/C12H19N3O2S/c13-8-1-9-15(10-2-3-10)11-4-6-12(7-5-11)18(14,16)17/h4-7,10H,1-3,8-9,13H2,(H2,14,16,17). The van der Waals surface area contributed by atoms with Gasteiger partial charge in [-0.15, -0.1) is 0 Å². The minimum Gasteiger partial charge on any atom is -0.368 e. The number of primary sulfonamides is 1. The lowest BCUT2D eigenvalue weighted by Gasteiger charge is -2.24. The SMILES string of the molecule is NCCCN(c1ccc(S(N)(=O)=O)cc1)C1CC1. The summed E-state index contributed by atoms with van der Waals surface area (Å²) in [5.74, 6) is 0. The molecule has 0 amide bonds. The number of anilines is 1. The van der Waals surface area contributed by atoms with E-state index in [0.717, 1.165) is 18.7 Å². The van der Waals surface area contributed by atoms with Gasteiger partial charge in [-0.3, -0.25) is 0 Å². The highest BCUT2D eigenvalue weighted by Crippen LogP contribution is 2.32. The summed E-state index contributed by atoms with van der Waals surface area (Å²) in [4.78, 5) is 2.44. The predicted molar refractivity (Wildman–Crippen MR) is 71.9 cm³/mol. The number of sulfonamides is 1. The van der Waals surface area contributed by atoms with Crippen LogP contribution in [0.25, 0.3) is 0 Å². The van der Waals surface area contributed by atoms with Gasteiger partial charge < -0.3 is 10.6 Å². The summed E-state index contributed by atoms with van der Waals surface area (Å²) in [7, 11) is -3.61. The van der Waals surface area contributed by atoms with Crippen LogP contribution in [0.2, 0.25) is 0 Å². The summed E-state index contributed by atoms with van der Waals surface area (Å²) in [6, 6.07) is 7.32. The Kier molecular flexibility index (Phi) is 3.89. The van der Waals surface area contributed by atoms with Crippen LogP contribution in [0.4, 0.5) is 5.69 Å². The van der Waals surface area contributed by atoms with Gasteiger partial charge in [-0.2, -0.15) is 0 Å². The average Bonchev–Trinajstić information content (AvgIpc) is 3.13. The number of rotatable bonds is 6. The molecule has 4 N–H and O–H groups in total. The van der Waals surface area contributed by atoms with Crippen LogP contribution in [0.15, 0.2) is 29.2 Å².